The Hall–Kier alpha value is -0.610. The van der Waals surface area contributed by atoms with Gasteiger partial charge in [0, 0.05) is 15.9 Å². The quantitative estimate of drug-likeness (QED) is 0.797. The van der Waals surface area contributed by atoms with Gasteiger partial charge in [-0.3, -0.25) is 0 Å². The zero-order chi connectivity index (χ0) is 14.0. The Balaban J connectivity index is 2.22. The molecular formula is C14H10BrCl2FO. The summed E-state index contributed by atoms with van der Waals surface area (Å²) < 4.78 is 13.9. The molecule has 0 radical (unpaired) electrons. The van der Waals surface area contributed by atoms with Crippen molar-refractivity contribution < 1.29 is 9.50 Å². The second-order valence-electron chi connectivity index (χ2n) is 4.13. The minimum absolute atomic E-state index is 0.241. The molecule has 0 bridgehead atoms. The van der Waals surface area contributed by atoms with E-state index in [-0.39, 0.29) is 12.2 Å². The molecule has 0 spiro atoms. The molecule has 5 heteroatoms. The average Bonchev–Trinajstić information content (AvgIpc) is 2.37. The van der Waals surface area contributed by atoms with Crippen molar-refractivity contribution in [1.82, 2.24) is 0 Å². The third-order valence-electron chi connectivity index (χ3n) is 2.75. The Morgan fingerprint density at radius 1 is 1.11 bits per heavy atom. The maximum Gasteiger partial charge on any atom is 0.123 e. The Labute approximate surface area is 129 Å². The molecule has 1 atom stereocenters. The molecule has 2 rings (SSSR count). The van der Waals surface area contributed by atoms with Crippen LogP contribution in [0.15, 0.2) is 40.9 Å². The summed E-state index contributed by atoms with van der Waals surface area (Å²) in [7, 11) is 0. The molecule has 2 aromatic carbocycles. The number of aliphatic hydroxyl groups excluding tert-OH is 1. The highest BCUT2D eigenvalue weighted by Crippen LogP contribution is 2.29. The molecule has 0 saturated heterocycles. The van der Waals surface area contributed by atoms with E-state index in [9.17, 15) is 9.50 Å². The minimum atomic E-state index is -0.770. The summed E-state index contributed by atoms with van der Waals surface area (Å²) in [5, 5.41) is 11.2. The van der Waals surface area contributed by atoms with Crippen molar-refractivity contribution in [2.45, 2.75) is 12.5 Å². The lowest BCUT2D eigenvalue weighted by Crippen LogP contribution is -2.03. The van der Waals surface area contributed by atoms with E-state index in [0.717, 1.165) is 0 Å². The number of halogens is 4. The van der Waals surface area contributed by atoms with Gasteiger partial charge in [-0.05, 0) is 57.4 Å². The van der Waals surface area contributed by atoms with Crippen LogP contribution in [0.5, 0.6) is 0 Å². The van der Waals surface area contributed by atoms with Gasteiger partial charge in [0.05, 0.1) is 11.1 Å². The SMILES string of the molecule is OC(Cc1cc(F)ccc1Cl)c1ccc(Cl)c(Br)c1. The van der Waals surface area contributed by atoms with E-state index in [4.69, 9.17) is 23.2 Å². The van der Waals surface area contributed by atoms with Crippen molar-refractivity contribution >= 4 is 39.1 Å². The number of benzene rings is 2. The van der Waals surface area contributed by atoms with Crippen molar-refractivity contribution in [3.8, 4) is 0 Å². The topological polar surface area (TPSA) is 20.2 Å². The van der Waals surface area contributed by atoms with Gasteiger partial charge >= 0.3 is 0 Å². The summed E-state index contributed by atoms with van der Waals surface area (Å²) in [6.07, 6.45) is -0.530. The largest absolute Gasteiger partial charge is 0.388 e. The van der Waals surface area contributed by atoms with E-state index in [1.54, 1.807) is 18.2 Å². The van der Waals surface area contributed by atoms with Gasteiger partial charge in [0.15, 0.2) is 0 Å². The Bertz CT molecular complexity index is 604. The first-order chi connectivity index (χ1) is 8.97. The molecule has 1 unspecified atom stereocenters. The molecule has 1 nitrogen and oxygen atoms in total. The molecule has 0 aliphatic rings. The van der Waals surface area contributed by atoms with Crippen LogP contribution in [0.2, 0.25) is 10.0 Å². The van der Waals surface area contributed by atoms with Gasteiger partial charge < -0.3 is 5.11 Å². The fourth-order valence-electron chi connectivity index (χ4n) is 1.75. The Kier molecular flexibility index (Phi) is 4.85. The maximum atomic E-state index is 13.2. The van der Waals surface area contributed by atoms with E-state index >= 15 is 0 Å². The van der Waals surface area contributed by atoms with Gasteiger partial charge in [-0.1, -0.05) is 29.3 Å². The van der Waals surface area contributed by atoms with Crippen molar-refractivity contribution in [2.75, 3.05) is 0 Å². The van der Waals surface area contributed by atoms with Crippen molar-refractivity contribution in [3.63, 3.8) is 0 Å². The van der Waals surface area contributed by atoms with Crippen molar-refractivity contribution in [3.05, 3.63) is 67.9 Å². The van der Waals surface area contributed by atoms with Crippen LogP contribution in [0.1, 0.15) is 17.2 Å². The predicted molar refractivity (Wildman–Crippen MR) is 79.2 cm³/mol. The van der Waals surface area contributed by atoms with Gasteiger partial charge in [-0.15, -0.1) is 0 Å². The third kappa shape index (κ3) is 3.69. The fraction of sp³-hybridized carbons (Fsp3) is 0.143. The van der Waals surface area contributed by atoms with Crippen LogP contribution in [-0.2, 0) is 6.42 Å². The molecule has 0 aromatic heterocycles. The van der Waals surface area contributed by atoms with Crippen LogP contribution in [0.3, 0.4) is 0 Å². The molecule has 1 N–H and O–H groups in total. The smallest absolute Gasteiger partial charge is 0.123 e. The summed E-state index contributed by atoms with van der Waals surface area (Å²) in [5.41, 5.74) is 1.26. The van der Waals surface area contributed by atoms with E-state index in [1.165, 1.54) is 18.2 Å². The summed E-state index contributed by atoms with van der Waals surface area (Å²) in [5.74, 6) is -0.371. The van der Waals surface area contributed by atoms with Gasteiger partial charge in [-0.25, -0.2) is 4.39 Å². The highest BCUT2D eigenvalue weighted by Gasteiger charge is 2.13. The lowest BCUT2D eigenvalue weighted by Gasteiger charge is -2.13. The first-order valence-electron chi connectivity index (χ1n) is 5.54. The Morgan fingerprint density at radius 2 is 1.79 bits per heavy atom. The standard InChI is InChI=1S/C14H10BrCl2FO/c15-11-6-8(1-3-13(11)17)14(19)7-9-5-10(18)2-4-12(9)16/h1-6,14,19H,7H2. The van der Waals surface area contributed by atoms with Crippen molar-refractivity contribution in [2.24, 2.45) is 0 Å². The average molecular weight is 364 g/mol. The zero-order valence-electron chi connectivity index (χ0n) is 9.71. The Morgan fingerprint density at radius 3 is 2.47 bits per heavy atom. The molecule has 100 valence electrons. The molecule has 0 aliphatic heterocycles. The van der Waals surface area contributed by atoms with Crippen molar-refractivity contribution in [1.29, 1.82) is 0 Å². The van der Waals surface area contributed by atoms with E-state index < -0.39 is 6.10 Å². The summed E-state index contributed by atoms with van der Waals surface area (Å²) in [6, 6.07) is 9.26. The van der Waals surface area contributed by atoms with Crippen LogP contribution in [0.4, 0.5) is 4.39 Å². The number of aliphatic hydroxyl groups is 1. The highest BCUT2D eigenvalue weighted by molar-refractivity contribution is 9.10. The van der Waals surface area contributed by atoms with Crippen LogP contribution in [0, 0.1) is 5.82 Å². The maximum absolute atomic E-state index is 13.2. The molecule has 0 amide bonds. The lowest BCUT2D eigenvalue weighted by atomic mass is 10.0. The normalized spacial score (nSPS) is 12.5. The van der Waals surface area contributed by atoms with E-state index in [2.05, 4.69) is 15.9 Å². The molecule has 0 aliphatic carbocycles. The van der Waals surface area contributed by atoms with Gasteiger partial charge in [0.25, 0.3) is 0 Å². The molecule has 19 heavy (non-hydrogen) atoms. The molecule has 0 fully saturated rings. The molecule has 0 heterocycles. The number of hydrogen-bond acceptors (Lipinski definition) is 1. The minimum Gasteiger partial charge on any atom is -0.388 e. The first-order valence-corrected chi connectivity index (χ1v) is 7.09. The summed E-state index contributed by atoms with van der Waals surface area (Å²) in [4.78, 5) is 0. The second kappa shape index (κ2) is 6.23. The van der Waals surface area contributed by atoms with Crippen LogP contribution in [0.25, 0.3) is 0 Å². The van der Waals surface area contributed by atoms with E-state index in [0.29, 0.717) is 25.6 Å². The monoisotopic (exact) mass is 362 g/mol. The number of hydrogen-bond donors (Lipinski definition) is 1. The van der Waals surface area contributed by atoms with Crippen LogP contribution < -0.4 is 0 Å². The van der Waals surface area contributed by atoms with E-state index in [1.807, 2.05) is 0 Å². The first kappa shape index (κ1) is 14.8. The second-order valence-corrected chi connectivity index (χ2v) is 5.80. The number of rotatable bonds is 3. The fourth-order valence-corrected chi connectivity index (χ4v) is 2.45. The zero-order valence-corrected chi connectivity index (χ0v) is 12.8. The molecular weight excluding hydrogens is 354 g/mol. The van der Waals surface area contributed by atoms with Gasteiger partial charge in [0.1, 0.15) is 5.82 Å². The van der Waals surface area contributed by atoms with Crippen LogP contribution >= 0.6 is 39.1 Å². The highest BCUT2D eigenvalue weighted by atomic mass is 79.9. The molecule has 0 saturated carbocycles. The van der Waals surface area contributed by atoms with Crippen LogP contribution in [-0.4, -0.2) is 5.11 Å². The molecule has 2 aromatic rings. The lowest BCUT2D eigenvalue weighted by molar-refractivity contribution is 0.178. The van der Waals surface area contributed by atoms with Gasteiger partial charge in [0.2, 0.25) is 0 Å². The summed E-state index contributed by atoms with van der Waals surface area (Å²) in [6.45, 7) is 0. The third-order valence-corrected chi connectivity index (χ3v) is 4.33. The predicted octanol–water partition coefficient (Wildman–Crippen LogP) is 5.17. The summed E-state index contributed by atoms with van der Waals surface area (Å²) >= 11 is 15.2. The van der Waals surface area contributed by atoms with Gasteiger partial charge in [-0.2, -0.15) is 0 Å².